The summed E-state index contributed by atoms with van der Waals surface area (Å²) in [6.07, 6.45) is 3.30. The van der Waals surface area contributed by atoms with Crippen LogP contribution in [0.4, 0.5) is 0 Å². The molecule has 1 fully saturated rings. The Kier molecular flexibility index (Phi) is 3.31. The van der Waals surface area contributed by atoms with Crippen LogP contribution in [0.5, 0.6) is 0 Å². The van der Waals surface area contributed by atoms with Gasteiger partial charge in [0, 0.05) is 22.1 Å². The standard InChI is InChI=1S/C20H16BrN3O/c21-14-9-10-16-18(11-14)24-19(23(20(16)25)15-7-4-8-15)12-17(22-24)13-5-2-1-3-6-13/h1-3,5-6,9-12,15H,4,7-8H2. The van der Waals surface area contributed by atoms with E-state index in [2.05, 4.69) is 15.9 Å². The van der Waals surface area contributed by atoms with Gasteiger partial charge in [0.1, 0.15) is 5.65 Å². The third-order valence-electron chi connectivity index (χ3n) is 5.08. The van der Waals surface area contributed by atoms with Gasteiger partial charge in [0.05, 0.1) is 16.6 Å². The second-order valence-corrected chi connectivity index (χ2v) is 7.50. The van der Waals surface area contributed by atoms with Crippen LogP contribution >= 0.6 is 15.9 Å². The summed E-state index contributed by atoms with van der Waals surface area (Å²) in [5.74, 6) is 0. The molecule has 25 heavy (non-hydrogen) atoms. The van der Waals surface area contributed by atoms with E-state index in [1.807, 2.05) is 63.7 Å². The van der Waals surface area contributed by atoms with E-state index >= 15 is 0 Å². The number of hydrogen-bond donors (Lipinski definition) is 0. The first-order chi connectivity index (χ1) is 12.2. The molecule has 0 N–H and O–H groups in total. The van der Waals surface area contributed by atoms with Gasteiger partial charge in [-0.05, 0) is 37.5 Å². The van der Waals surface area contributed by atoms with Gasteiger partial charge in [-0.15, -0.1) is 0 Å². The van der Waals surface area contributed by atoms with Crippen molar-refractivity contribution in [3.63, 3.8) is 0 Å². The van der Waals surface area contributed by atoms with Gasteiger partial charge in [0.25, 0.3) is 5.56 Å². The summed E-state index contributed by atoms with van der Waals surface area (Å²) in [5, 5.41) is 5.54. The second kappa shape index (κ2) is 5.56. The molecular formula is C20H16BrN3O. The Hall–Kier alpha value is -2.40. The lowest BCUT2D eigenvalue weighted by Gasteiger charge is -2.28. The SMILES string of the molecule is O=c1c2ccc(Br)cc2n2nc(-c3ccccc3)cc2n1C1CCC1. The Morgan fingerprint density at radius 1 is 1.04 bits per heavy atom. The molecule has 1 aliphatic rings. The van der Waals surface area contributed by atoms with E-state index in [0.717, 1.165) is 39.7 Å². The topological polar surface area (TPSA) is 39.3 Å². The third-order valence-corrected chi connectivity index (χ3v) is 5.58. The van der Waals surface area contributed by atoms with Crippen LogP contribution in [0.15, 0.2) is 63.9 Å². The van der Waals surface area contributed by atoms with Crippen molar-refractivity contribution in [2.24, 2.45) is 0 Å². The molecule has 5 rings (SSSR count). The van der Waals surface area contributed by atoms with E-state index in [9.17, 15) is 4.79 Å². The summed E-state index contributed by atoms with van der Waals surface area (Å²) in [7, 11) is 0. The van der Waals surface area contributed by atoms with Gasteiger partial charge in [0.2, 0.25) is 0 Å². The number of aromatic nitrogens is 3. The van der Waals surface area contributed by atoms with Gasteiger partial charge in [-0.25, -0.2) is 4.52 Å². The lowest BCUT2D eigenvalue weighted by atomic mass is 9.92. The van der Waals surface area contributed by atoms with Crippen molar-refractivity contribution in [2.45, 2.75) is 25.3 Å². The smallest absolute Gasteiger partial charge is 0.261 e. The lowest BCUT2D eigenvalue weighted by molar-refractivity contribution is 0.313. The largest absolute Gasteiger partial charge is 0.289 e. The van der Waals surface area contributed by atoms with Crippen molar-refractivity contribution in [1.29, 1.82) is 0 Å². The molecule has 124 valence electrons. The fourth-order valence-electron chi connectivity index (χ4n) is 3.56. The van der Waals surface area contributed by atoms with Gasteiger partial charge in [-0.2, -0.15) is 5.10 Å². The minimum absolute atomic E-state index is 0.0826. The fraction of sp³-hybridized carbons (Fsp3) is 0.200. The van der Waals surface area contributed by atoms with Crippen LogP contribution in [0.25, 0.3) is 27.8 Å². The quantitative estimate of drug-likeness (QED) is 0.490. The molecule has 0 bridgehead atoms. The monoisotopic (exact) mass is 393 g/mol. The van der Waals surface area contributed by atoms with Gasteiger partial charge in [0.15, 0.2) is 0 Å². The zero-order valence-corrected chi connectivity index (χ0v) is 15.1. The minimum atomic E-state index is 0.0826. The highest BCUT2D eigenvalue weighted by Crippen LogP contribution is 2.33. The van der Waals surface area contributed by atoms with Gasteiger partial charge < -0.3 is 0 Å². The highest BCUT2D eigenvalue weighted by Gasteiger charge is 2.25. The molecule has 2 aromatic heterocycles. The predicted octanol–water partition coefficient (Wildman–Crippen LogP) is 4.80. The molecule has 0 spiro atoms. The van der Waals surface area contributed by atoms with E-state index in [-0.39, 0.29) is 11.6 Å². The molecule has 4 aromatic rings. The molecule has 1 aliphatic carbocycles. The third kappa shape index (κ3) is 2.26. The molecule has 0 unspecified atom stereocenters. The van der Waals surface area contributed by atoms with Crippen molar-refractivity contribution in [1.82, 2.24) is 14.2 Å². The van der Waals surface area contributed by atoms with Crippen molar-refractivity contribution >= 4 is 32.5 Å². The summed E-state index contributed by atoms with van der Waals surface area (Å²) >= 11 is 3.52. The number of nitrogens with zero attached hydrogens (tertiary/aromatic N) is 3. The fourth-order valence-corrected chi connectivity index (χ4v) is 3.91. The van der Waals surface area contributed by atoms with Crippen LogP contribution in [0.1, 0.15) is 25.3 Å². The van der Waals surface area contributed by atoms with Crippen LogP contribution in [-0.4, -0.2) is 14.2 Å². The van der Waals surface area contributed by atoms with E-state index < -0.39 is 0 Å². The Balaban J connectivity index is 1.90. The van der Waals surface area contributed by atoms with E-state index in [0.29, 0.717) is 5.39 Å². The summed E-state index contributed by atoms with van der Waals surface area (Å²) in [6, 6.07) is 18.2. The van der Waals surface area contributed by atoms with Crippen LogP contribution in [0, 0.1) is 0 Å². The maximum atomic E-state index is 13.1. The van der Waals surface area contributed by atoms with Crippen molar-refractivity contribution in [3.8, 4) is 11.3 Å². The van der Waals surface area contributed by atoms with Crippen molar-refractivity contribution in [2.75, 3.05) is 0 Å². The molecule has 0 aliphatic heterocycles. The Morgan fingerprint density at radius 3 is 2.56 bits per heavy atom. The van der Waals surface area contributed by atoms with Crippen molar-refractivity contribution < 1.29 is 0 Å². The van der Waals surface area contributed by atoms with Crippen LogP contribution in [-0.2, 0) is 0 Å². The van der Waals surface area contributed by atoms with Gasteiger partial charge in [-0.1, -0.05) is 46.3 Å². The molecule has 4 nitrogen and oxygen atoms in total. The number of fused-ring (bicyclic) bond motifs is 3. The molecule has 5 heteroatoms. The van der Waals surface area contributed by atoms with E-state index in [1.165, 1.54) is 6.42 Å². The second-order valence-electron chi connectivity index (χ2n) is 6.59. The number of rotatable bonds is 2. The minimum Gasteiger partial charge on any atom is -0.289 e. The summed E-state index contributed by atoms with van der Waals surface area (Å²) in [5.41, 5.74) is 3.74. The van der Waals surface area contributed by atoms with Crippen LogP contribution < -0.4 is 5.56 Å². The average Bonchev–Trinajstić information content (AvgIpc) is 3.03. The first kappa shape index (κ1) is 14.9. The Bertz CT molecular complexity index is 1160. The van der Waals surface area contributed by atoms with E-state index in [1.54, 1.807) is 0 Å². The lowest BCUT2D eigenvalue weighted by Crippen LogP contribution is -2.30. The first-order valence-electron chi connectivity index (χ1n) is 8.51. The number of benzene rings is 2. The molecule has 0 amide bonds. The molecule has 0 atom stereocenters. The molecule has 1 saturated carbocycles. The van der Waals surface area contributed by atoms with Crippen LogP contribution in [0.3, 0.4) is 0 Å². The van der Waals surface area contributed by atoms with Gasteiger partial charge >= 0.3 is 0 Å². The van der Waals surface area contributed by atoms with Gasteiger partial charge in [-0.3, -0.25) is 9.36 Å². The summed E-state index contributed by atoms with van der Waals surface area (Å²) in [6.45, 7) is 0. The summed E-state index contributed by atoms with van der Waals surface area (Å²) in [4.78, 5) is 13.1. The molecule has 2 aromatic carbocycles. The molecular weight excluding hydrogens is 378 g/mol. The van der Waals surface area contributed by atoms with Crippen molar-refractivity contribution in [3.05, 3.63) is 69.4 Å². The molecule has 2 heterocycles. The average molecular weight is 394 g/mol. The number of hydrogen-bond acceptors (Lipinski definition) is 2. The summed E-state index contributed by atoms with van der Waals surface area (Å²) < 4.78 is 4.81. The Morgan fingerprint density at radius 2 is 1.84 bits per heavy atom. The first-order valence-corrected chi connectivity index (χ1v) is 9.30. The highest BCUT2D eigenvalue weighted by atomic mass is 79.9. The molecule has 0 radical (unpaired) electrons. The highest BCUT2D eigenvalue weighted by molar-refractivity contribution is 9.10. The molecule has 0 saturated heterocycles. The predicted molar refractivity (Wildman–Crippen MR) is 103 cm³/mol. The zero-order chi connectivity index (χ0) is 17.0. The number of halogens is 1. The maximum absolute atomic E-state index is 13.1. The van der Waals surface area contributed by atoms with Crippen LogP contribution in [0.2, 0.25) is 0 Å². The maximum Gasteiger partial charge on any atom is 0.261 e. The Labute approximate surface area is 152 Å². The van der Waals surface area contributed by atoms with E-state index in [4.69, 9.17) is 5.10 Å². The normalized spacial score (nSPS) is 14.9. The zero-order valence-electron chi connectivity index (χ0n) is 13.5.